The smallest absolute Gasteiger partial charge is 0.279 e. The Kier molecular flexibility index (Phi) is 12.6. The molecular formula is C35H43N7O6. The molecule has 254 valence electrons. The summed E-state index contributed by atoms with van der Waals surface area (Å²) in [5.74, 6) is -2.45. The standard InChI is InChI=1S/C35H43N7O6/c1-22(2)19-27-32(45)39-23(3)30(43)37-15-7-8-18-42(35(48)29-34(47)38-17-16-36-29)21-25-11-13-26(14-12-25)31(44)40-28(33(46)41-27)20-24-9-5-4-6-10-24/h4-6,9-14,16-17,22-23,27-28H,7-8,15,18-21H2,1-3H3,(H,37,43)(H,38,47)(H,39,45)(H,40,44)(H,41,46)/t23-,27+,28-/m1/s1. The Morgan fingerprint density at radius 2 is 1.58 bits per heavy atom. The fourth-order valence-electron chi connectivity index (χ4n) is 5.34. The number of hydrogen-bond acceptors (Lipinski definition) is 7. The fourth-order valence-corrected chi connectivity index (χ4v) is 5.34. The molecule has 2 aromatic carbocycles. The van der Waals surface area contributed by atoms with Gasteiger partial charge in [0, 0.05) is 44.0 Å². The van der Waals surface area contributed by atoms with E-state index in [2.05, 4.69) is 31.2 Å². The van der Waals surface area contributed by atoms with Crippen LogP contribution >= 0.6 is 0 Å². The SMILES string of the molecule is CC(C)C[C@@H]1NC(=O)[C@@H](Cc2ccccc2)NC(=O)c2ccc(cc2)CN(C(=O)c2ncc[nH]c2=O)CCCCNC(=O)[C@@H](C)NC1=O. The van der Waals surface area contributed by atoms with Gasteiger partial charge in [0.1, 0.15) is 18.1 Å². The third kappa shape index (κ3) is 10.1. The minimum atomic E-state index is -1.01. The molecule has 3 aromatic rings. The van der Waals surface area contributed by atoms with Gasteiger partial charge in [-0.05, 0) is 55.4 Å². The molecule has 2 aliphatic rings. The molecule has 48 heavy (non-hydrogen) atoms. The Balaban J connectivity index is 1.63. The van der Waals surface area contributed by atoms with Gasteiger partial charge in [-0.15, -0.1) is 0 Å². The summed E-state index contributed by atoms with van der Waals surface area (Å²) >= 11 is 0. The van der Waals surface area contributed by atoms with Gasteiger partial charge in [-0.2, -0.15) is 0 Å². The largest absolute Gasteiger partial charge is 0.354 e. The van der Waals surface area contributed by atoms with E-state index in [9.17, 15) is 28.8 Å². The van der Waals surface area contributed by atoms with Crippen LogP contribution in [0.2, 0.25) is 0 Å². The lowest BCUT2D eigenvalue weighted by Gasteiger charge is -2.25. The monoisotopic (exact) mass is 657 g/mol. The second-order valence-corrected chi connectivity index (χ2v) is 12.3. The van der Waals surface area contributed by atoms with Crippen molar-refractivity contribution in [3.63, 3.8) is 0 Å². The highest BCUT2D eigenvalue weighted by Crippen LogP contribution is 2.13. The van der Waals surface area contributed by atoms with Gasteiger partial charge in [0.2, 0.25) is 17.7 Å². The predicted octanol–water partition coefficient (Wildman–Crippen LogP) is 1.70. The molecule has 0 spiro atoms. The van der Waals surface area contributed by atoms with Gasteiger partial charge in [-0.25, -0.2) is 4.98 Å². The molecule has 2 aliphatic heterocycles. The van der Waals surface area contributed by atoms with Crippen molar-refractivity contribution in [2.24, 2.45) is 5.92 Å². The van der Waals surface area contributed by atoms with E-state index in [4.69, 9.17) is 0 Å². The Morgan fingerprint density at radius 3 is 2.27 bits per heavy atom. The maximum absolute atomic E-state index is 13.7. The molecule has 2 bridgehead atoms. The average molecular weight is 658 g/mol. The molecule has 0 saturated carbocycles. The fraction of sp³-hybridized carbons (Fsp3) is 0.400. The van der Waals surface area contributed by atoms with E-state index >= 15 is 0 Å². The van der Waals surface area contributed by atoms with Crippen LogP contribution in [-0.4, -0.2) is 75.6 Å². The van der Waals surface area contributed by atoms with Crippen LogP contribution in [0.15, 0.2) is 71.8 Å². The van der Waals surface area contributed by atoms with Crippen LogP contribution in [-0.2, 0) is 27.3 Å². The van der Waals surface area contributed by atoms with Crippen molar-refractivity contribution in [3.8, 4) is 0 Å². The third-order valence-corrected chi connectivity index (χ3v) is 7.94. The number of benzene rings is 2. The molecule has 1 aromatic heterocycles. The molecule has 13 heteroatoms. The molecule has 13 nitrogen and oxygen atoms in total. The summed E-state index contributed by atoms with van der Waals surface area (Å²) < 4.78 is 0. The molecule has 0 aliphatic carbocycles. The maximum atomic E-state index is 13.7. The zero-order chi connectivity index (χ0) is 34.6. The highest BCUT2D eigenvalue weighted by atomic mass is 16.2. The summed E-state index contributed by atoms with van der Waals surface area (Å²) in [6.07, 6.45) is 4.20. The van der Waals surface area contributed by atoms with E-state index in [1.165, 1.54) is 17.3 Å². The number of nitrogens with zero attached hydrogens (tertiary/aromatic N) is 2. The molecular weight excluding hydrogens is 614 g/mol. The molecule has 0 radical (unpaired) electrons. The highest BCUT2D eigenvalue weighted by molar-refractivity contribution is 5.99. The maximum Gasteiger partial charge on any atom is 0.279 e. The van der Waals surface area contributed by atoms with Crippen LogP contribution in [0, 0.1) is 5.92 Å². The summed E-state index contributed by atoms with van der Waals surface area (Å²) in [4.78, 5) is 87.0. The van der Waals surface area contributed by atoms with Crippen molar-refractivity contribution in [2.75, 3.05) is 13.1 Å². The highest BCUT2D eigenvalue weighted by Gasteiger charge is 2.30. The van der Waals surface area contributed by atoms with Crippen LogP contribution in [0.1, 0.15) is 72.0 Å². The first-order valence-corrected chi connectivity index (χ1v) is 16.2. The van der Waals surface area contributed by atoms with Gasteiger partial charge in [0.25, 0.3) is 17.4 Å². The molecule has 0 saturated heterocycles. The number of aromatic amines is 1. The van der Waals surface area contributed by atoms with Crippen molar-refractivity contribution in [1.29, 1.82) is 0 Å². The van der Waals surface area contributed by atoms with Gasteiger partial charge < -0.3 is 31.2 Å². The van der Waals surface area contributed by atoms with Crippen LogP contribution in [0.3, 0.4) is 0 Å². The normalized spacial score (nSPS) is 20.2. The summed E-state index contributed by atoms with van der Waals surface area (Å²) in [5.41, 5.74) is 0.968. The molecule has 0 fully saturated rings. The lowest BCUT2D eigenvalue weighted by molar-refractivity contribution is -0.132. The van der Waals surface area contributed by atoms with Crippen molar-refractivity contribution < 1.29 is 24.0 Å². The first kappa shape index (κ1) is 35.5. The van der Waals surface area contributed by atoms with E-state index < -0.39 is 53.2 Å². The zero-order valence-corrected chi connectivity index (χ0v) is 27.5. The van der Waals surface area contributed by atoms with Crippen LogP contribution in [0.5, 0.6) is 0 Å². The Bertz CT molecular complexity index is 1640. The minimum absolute atomic E-state index is 0.0443. The van der Waals surface area contributed by atoms with E-state index in [-0.39, 0.29) is 31.1 Å². The van der Waals surface area contributed by atoms with Crippen LogP contribution in [0.4, 0.5) is 0 Å². The van der Waals surface area contributed by atoms with E-state index in [1.54, 1.807) is 31.2 Å². The Hall–Kier alpha value is -5.33. The number of carbonyl (C=O) groups excluding carboxylic acids is 5. The first-order valence-electron chi connectivity index (χ1n) is 16.2. The van der Waals surface area contributed by atoms with Gasteiger partial charge in [-0.1, -0.05) is 56.3 Å². The van der Waals surface area contributed by atoms with Crippen molar-refractivity contribution in [1.82, 2.24) is 36.1 Å². The van der Waals surface area contributed by atoms with Crippen molar-refractivity contribution in [3.05, 3.63) is 99.7 Å². The second-order valence-electron chi connectivity index (χ2n) is 12.3. The Morgan fingerprint density at radius 1 is 0.875 bits per heavy atom. The first-order chi connectivity index (χ1) is 23.0. The predicted molar refractivity (Wildman–Crippen MR) is 179 cm³/mol. The lowest BCUT2D eigenvalue weighted by atomic mass is 10.0. The molecule has 0 unspecified atom stereocenters. The van der Waals surface area contributed by atoms with Gasteiger partial charge in [-0.3, -0.25) is 28.8 Å². The zero-order valence-electron chi connectivity index (χ0n) is 27.5. The van der Waals surface area contributed by atoms with E-state index in [0.29, 0.717) is 36.9 Å². The summed E-state index contributed by atoms with van der Waals surface area (Å²) in [6.45, 7) is 6.11. The molecule has 5 N–H and O–H groups in total. The van der Waals surface area contributed by atoms with Crippen molar-refractivity contribution >= 4 is 29.5 Å². The van der Waals surface area contributed by atoms with E-state index in [1.807, 2.05) is 44.2 Å². The summed E-state index contributed by atoms with van der Waals surface area (Å²) in [6, 6.07) is 13.0. The van der Waals surface area contributed by atoms with Crippen LogP contribution in [0.25, 0.3) is 0 Å². The van der Waals surface area contributed by atoms with Gasteiger partial charge >= 0.3 is 0 Å². The number of carbonyl (C=O) groups is 5. The molecule has 3 heterocycles. The van der Waals surface area contributed by atoms with Gasteiger partial charge in [0.15, 0.2) is 5.69 Å². The molecule has 3 atom stereocenters. The number of fused-ring (bicyclic) bond motifs is 18. The topological polar surface area (TPSA) is 182 Å². The third-order valence-electron chi connectivity index (χ3n) is 7.94. The van der Waals surface area contributed by atoms with Gasteiger partial charge in [0.05, 0.1) is 0 Å². The number of nitrogens with one attached hydrogen (secondary N) is 5. The lowest BCUT2D eigenvalue weighted by Crippen LogP contribution is -2.57. The Labute approximate surface area is 279 Å². The number of amides is 5. The van der Waals surface area contributed by atoms with Crippen LogP contribution < -0.4 is 26.8 Å². The number of H-pyrrole nitrogens is 1. The molecule has 5 amide bonds. The number of hydrogen-bond donors (Lipinski definition) is 5. The number of aromatic nitrogens is 2. The second kappa shape index (κ2) is 17.0. The van der Waals surface area contributed by atoms with Crippen molar-refractivity contribution in [2.45, 2.75) is 71.1 Å². The summed E-state index contributed by atoms with van der Waals surface area (Å²) in [5, 5.41) is 11.2. The quantitative estimate of drug-likeness (QED) is 0.259. The molecule has 5 rings (SSSR count). The number of rotatable bonds is 5. The minimum Gasteiger partial charge on any atom is -0.354 e. The average Bonchev–Trinajstić information content (AvgIpc) is 3.06. The van der Waals surface area contributed by atoms with E-state index in [0.717, 1.165) is 5.56 Å². The summed E-state index contributed by atoms with van der Waals surface area (Å²) in [7, 11) is 0.